The van der Waals surface area contributed by atoms with Gasteiger partial charge in [0.15, 0.2) is 6.61 Å². The van der Waals surface area contributed by atoms with Crippen molar-refractivity contribution in [2.45, 2.75) is 39.2 Å². The highest BCUT2D eigenvalue weighted by atomic mass is 32.1. The highest BCUT2D eigenvalue weighted by molar-refractivity contribution is 7.18. The van der Waals surface area contributed by atoms with E-state index in [2.05, 4.69) is 15.6 Å². The summed E-state index contributed by atoms with van der Waals surface area (Å²) in [5.74, 6) is -1.13. The number of amides is 3. The number of carbonyl (C=O) groups is 3. The molecule has 1 aromatic carbocycles. The Morgan fingerprint density at radius 2 is 2.00 bits per heavy atom. The lowest BCUT2D eigenvalue weighted by molar-refractivity contribution is -0.148. The lowest BCUT2D eigenvalue weighted by atomic mass is 10.2. The molecule has 0 atom stereocenters. The van der Waals surface area contributed by atoms with Gasteiger partial charge in [0.05, 0.1) is 15.2 Å². The number of esters is 1. The Balaban J connectivity index is 1.65. The number of rotatable bonds is 7. The number of nitrogens with zero attached hydrogens (tertiary/aromatic N) is 1. The second kappa shape index (κ2) is 9.12. The predicted octanol–water partition coefficient (Wildman–Crippen LogP) is 2.40. The van der Waals surface area contributed by atoms with E-state index in [-0.39, 0.29) is 12.5 Å². The van der Waals surface area contributed by atoms with Gasteiger partial charge in [-0.05, 0) is 38.8 Å². The van der Waals surface area contributed by atoms with Crippen LogP contribution in [0.3, 0.4) is 0 Å². The first kappa shape index (κ1) is 18.9. The van der Waals surface area contributed by atoms with Crippen LogP contribution in [0, 0.1) is 0 Å². The molecule has 1 aromatic heterocycles. The van der Waals surface area contributed by atoms with Gasteiger partial charge in [-0.25, -0.2) is 9.78 Å². The molecule has 0 aliphatic carbocycles. The molecule has 1 heterocycles. The Hall–Kier alpha value is -2.48. The second-order valence-corrected chi connectivity index (χ2v) is 6.88. The largest absolute Gasteiger partial charge is 0.456 e. The molecular weight excluding hydrogens is 342 g/mol. The number of aromatic nitrogens is 1. The molecule has 0 unspecified atom stereocenters. The van der Waals surface area contributed by atoms with Crippen molar-refractivity contribution in [2.75, 3.05) is 6.61 Å². The number of fused-ring (bicyclic) bond motifs is 1. The van der Waals surface area contributed by atoms with E-state index in [0.717, 1.165) is 15.2 Å². The second-order valence-electron chi connectivity index (χ2n) is 5.77. The van der Waals surface area contributed by atoms with Crippen LogP contribution in [0.25, 0.3) is 10.2 Å². The van der Waals surface area contributed by atoms with Crippen molar-refractivity contribution in [1.29, 1.82) is 0 Å². The first-order valence-electron chi connectivity index (χ1n) is 8.04. The van der Waals surface area contributed by atoms with Crippen LogP contribution in [0.4, 0.5) is 4.79 Å². The van der Waals surface area contributed by atoms with E-state index in [1.165, 1.54) is 0 Å². The Bertz CT molecular complexity index is 724. The summed E-state index contributed by atoms with van der Waals surface area (Å²) in [4.78, 5) is 39.0. The van der Waals surface area contributed by atoms with E-state index in [0.29, 0.717) is 12.8 Å². The van der Waals surface area contributed by atoms with Crippen molar-refractivity contribution in [1.82, 2.24) is 15.6 Å². The summed E-state index contributed by atoms with van der Waals surface area (Å²) in [6.07, 6.45) is 1.47. The van der Waals surface area contributed by atoms with Crippen LogP contribution in [-0.2, 0) is 20.7 Å². The minimum atomic E-state index is -0.655. The average Bonchev–Trinajstić information content (AvgIpc) is 2.94. The van der Waals surface area contributed by atoms with E-state index in [9.17, 15) is 14.4 Å². The summed E-state index contributed by atoms with van der Waals surface area (Å²) >= 11 is 1.61. The normalized spacial score (nSPS) is 10.7. The number of imide groups is 1. The molecule has 2 rings (SSSR count). The number of nitrogens with one attached hydrogen (secondary N) is 2. The third kappa shape index (κ3) is 6.50. The zero-order valence-corrected chi connectivity index (χ0v) is 15.0. The van der Waals surface area contributed by atoms with E-state index < -0.39 is 24.5 Å². The lowest BCUT2D eigenvalue weighted by Crippen LogP contribution is -2.44. The van der Waals surface area contributed by atoms with Gasteiger partial charge in [-0.15, -0.1) is 11.3 Å². The number of hydrogen-bond donors (Lipinski definition) is 2. The Morgan fingerprint density at radius 1 is 1.24 bits per heavy atom. The molecule has 0 saturated carbocycles. The van der Waals surface area contributed by atoms with Crippen molar-refractivity contribution in [3.63, 3.8) is 0 Å². The third-order valence-electron chi connectivity index (χ3n) is 3.15. The third-order valence-corrected chi connectivity index (χ3v) is 4.24. The number of carbonyl (C=O) groups excluding carboxylic acids is 3. The summed E-state index contributed by atoms with van der Waals surface area (Å²) in [6.45, 7) is 3.08. The molecule has 8 heteroatoms. The van der Waals surface area contributed by atoms with E-state index in [4.69, 9.17) is 4.74 Å². The maximum absolute atomic E-state index is 11.7. The van der Waals surface area contributed by atoms with Crippen LogP contribution in [0.5, 0.6) is 0 Å². The summed E-state index contributed by atoms with van der Waals surface area (Å²) < 4.78 is 5.98. The fourth-order valence-electron chi connectivity index (χ4n) is 2.09. The molecule has 3 amide bonds. The molecule has 0 bridgehead atoms. The molecule has 0 fully saturated rings. The molecule has 7 nitrogen and oxygen atoms in total. The lowest BCUT2D eigenvalue weighted by Gasteiger charge is -2.09. The number of para-hydroxylation sites is 1. The van der Waals surface area contributed by atoms with Gasteiger partial charge in [-0.3, -0.25) is 14.9 Å². The van der Waals surface area contributed by atoms with Gasteiger partial charge in [-0.2, -0.15) is 0 Å². The van der Waals surface area contributed by atoms with Crippen molar-refractivity contribution in [2.24, 2.45) is 0 Å². The fraction of sp³-hybridized carbons (Fsp3) is 0.412. The van der Waals surface area contributed by atoms with Crippen LogP contribution in [-0.4, -0.2) is 35.5 Å². The van der Waals surface area contributed by atoms with Crippen LogP contribution >= 0.6 is 11.3 Å². The molecule has 2 aromatic rings. The minimum absolute atomic E-state index is 0.0853. The maximum atomic E-state index is 11.7. The highest BCUT2D eigenvalue weighted by Crippen LogP contribution is 2.22. The van der Waals surface area contributed by atoms with Crippen molar-refractivity contribution >= 4 is 39.5 Å². The number of benzene rings is 1. The molecule has 0 spiro atoms. The number of hydrogen-bond acceptors (Lipinski definition) is 6. The zero-order chi connectivity index (χ0) is 18.2. The highest BCUT2D eigenvalue weighted by Gasteiger charge is 2.12. The molecule has 0 saturated heterocycles. The topological polar surface area (TPSA) is 97.4 Å². The Kier molecular flexibility index (Phi) is 6.88. The summed E-state index contributed by atoms with van der Waals surface area (Å²) in [5.41, 5.74) is 0.960. The predicted molar refractivity (Wildman–Crippen MR) is 95.3 cm³/mol. The SMILES string of the molecule is CC(C)NC(=O)NC(=O)COC(=O)CCCc1nc2ccccc2s1. The number of urea groups is 1. The molecule has 25 heavy (non-hydrogen) atoms. The summed E-state index contributed by atoms with van der Waals surface area (Å²) in [6, 6.07) is 7.19. The molecule has 2 N–H and O–H groups in total. The Labute approximate surface area is 149 Å². The van der Waals surface area contributed by atoms with E-state index >= 15 is 0 Å². The van der Waals surface area contributed by atoms with Crippen LogP contribution in [0.1, 0.15) is 31.7 Å². The van der Waals surface area contributed by atoms with Crippen molar-refractivity contribution < 1.29 is 19.1 Å². The maximum Gasteiger partial charge on any atom is 0.321 e. The van der Waals surface area contributed by atoms with Crippen LogP contribution in [0.2, 0.25) is 0 Å². The molecule has 134 valence electrons. The number of thiazole rings is 1. The monoisotopic (exact) mass is 363 g/mol. The molecule has 0 aliphatic heterocycles. The van der Waals surface area contributed by atoms with E-state index in [1.54, 1.807) is 25.2 Å². The summed E-state index contributed by atoms with van der Waals surface area (Å²) in [7, 11) is 0. The minimum Gasteiger partial charge on any atom is -0.456 e. The van der Waals surface area contributed by atoms with Gasteiger partial charge in [0, 0.05) is 12.5 Å². The van der Waals surface area contributed by atoms with Gasteiger partial charge >= 0.3 is 12.0 Å². The fourth-order valence-corrected chi connectivity index (χ4v) is 3.10. The van der Waals surface area contributed by atoms with Gasteiger partial charge in [0.25, 0.3) is 5.91 Å². The average molecular weight is 363 g/mol. The Morgan fingerprint density at radius 3 is 2.72 bits per heavy atom. The number of aryl methyl sites for hydroxylation is 1. The van der Waals surface area contributed by atoms with Crippen molar-refractivity contribution in [3.8, 4) is 0 Å². The van der Waals surface area contributed by atoms with Gasteiger partial charge in [0.2, 0.25) is 0 Å². The quantitative estimate of drug-likeness (QED) is 0.736. The molecule has 0 radical (unpaired) electrons. The first-order valence-corrected chi connectivity index (χ1v) is 8.86. The van der Waals surface area contributed by atoms with Crippen LogP contribution < -0.4 is 10.6 Å². The smallest absolute Gasteiger partial charge is 0.321 e. The standard InChI is InChI=1S/C17H21N3O4S/c1-11(2)18-17(23)20-14(21)10-24-16(22)9-5-8-15-19-12-6-3-4-7-13(12)25-15/h3-4,6-7,11H,5,8-10H2,1-2H3,(H2,18,20,21,23). The van der Waals surface area contributed by atoms with Crippen molar-refractivity contribution in [3.05, 3.63) is 29.3 Å². The van der Waals surface area contributed by atoms with Gasteiger partial charge < -0.3 is 10.1 Å². The zero-order valence-electron chi connectivity index (χ0n) is 14.2. The van der Waals surface area contributed by atoms with E-state index in [1.807, 2.05) is 24.3 Å². The molecular formula is C17H21N3O4S. The van der Waals surface area contributed by atoms with Crippen LogP contribution in [0.15, 0.2) is 24.3 Å². The first-order chi connectivity index (χ1) is 11.9. The number of ether oxygens (including phenoxy) is 1. The molecule has 0 aliphatic rings. The summed E-state index contributed by atoms with van der Waals surface area (Å²) in [5, 5.41) is 5.57. The van der Waals surface area contributed by atoms with Gasteiger partial charge in [-0.1, -0.05) is 12.1 Å². The van der Waals surface area contributed by atoms with Gasteiger partial charge in [0.1, 0.15) is 0 Å².